The first-order valence-corrected chi connectivity index (χ1v) is 12.5. The van der Waals surface area contributed by atoms with Gasteiger partial charge in [-0.1, -0.05) is 17.9 Å². The summed E-state index contributed by atoms with van der Waals surface area (Å²) in [7, 11) is 0. The van der Waals surface area contributed by atoms with Crippen molar-refractivity contribution in [2.45, 2.75) is 25.4 Å². The minimum atomic E-state index is -0.0210. The molecule has 178 valence electrons. The zero-order valence-electron chi connectivity index (χ0n) is 19.1. The molecule has 0 bridgehead atoms. The molecule has 5 heterocycles. The van der Waals surface area contributed by atoms with E-state index < -0.39 is 0 Å². The van der Waals surface area contributed by atoms with Crippen LogP contribution in [0, 0.1) is 0 Å². The molecular formula is C24H29N7O2S. The summed E-state index contributed by atoms with van der Waals surface area (Å²) in [6, 6.07) is 8.17. The van der Waals surface area contributed by atoms with Gasteiger partial charge in [0, 0.05) is 45.0 Å². The maximum absolute atomic E-state index is 12.1. The van der Waals surface area contributed by atoms with Gasteiger partial charge in [0.05, 0.1) is 13.2 Å². The number of likely N-dealkylation sites (tertiary alicyclic amines) is 1. The Morgan fingerprint density at radius 1 is 1.24 bits per heavy atom. The lowest BCUT2D eigenvalue weighted by molar-refractivity contribution is -0.127. The molecule has 0 saturated carbocycles. The zero-order valence-corrected chi connectivity index (χ0v) is 19.9. The van der Waals surface area contributed by atoms with Crippen LogP contribution in [-0.2, 0) is 16.1 Å². The number of amides is 1. The second-order valence-corrected chi connectivity index (χ2v) is 9.56. The molecule has 0 radical (unpaired) electrons. The molecule has 2 saturated heterocycles. The fourth-order valence-electron chi connectivity index (χ4n) is 4.40. The van der Waals surface area contributed by atoms with Crippen molar-refractivity contribution in [1.29, 1.82) is 0 Å². The van der Waals surface area contributed by atoms with Gasteiger partial charge in [-0.25, -0.2) is 15.0 Å². The van der Waals surface area contributed by atoms with E-state index in [9.17, 15) is 4.79 Å². The van der Waals surface area contributed by atoms with Gasteiger partial charge in [0.25, 0.3) is 0 Å². The Morgan fingerprint density at radius 2 is 2.09 bits per heavy atom. The van der Waals surface area contributed by atoms with Crippen molar-refractivity contribution >= 4 is 44.4 Å². The number of carbonyl (C=O) groups is 1. The summed E-state index contributed by atoms with van der Waals surface area (Å²) in [5.74, 6) is 1.51. The number of ether oxygens (including phenoxy) is 1. The summed E-state index contributed by atoms with van der Waals surface area (Å²) in [4.78, 5) is 31.1. The molecule has 2 aliphatic heterocycles. The number of anilines is 3. The van der Waals surface area contributed by atoms with E-state index in [0.717, 1.165) is 84.9 Å². The van der Waals surface area contributed by atoms with Gasteiger partial charge in [-0.2, -0.15) is 0 Å². The molecule has 3 aromatic heterocycles. The van der Waals surface area contributed by atoms with E-state index in [1.165, 1.54) is 17.4 Å². The molecule has 0 aliphatic carbocycles. The molecule has 2 fully saturated rings. The van der Waals surface area contributed by atoms with Crippen molar-refractivity contribution in [1.82, 2.24) is 24.8 Å². The van der Waals surface area contributed by atoms with Crippen LogP contribution in [-0.4, -0.2) is 76.1 Å². The third-order valence-corrected chi connectivity index (χ3v) is 6.95. The predicted octanol–water partition coefficient (Wildman–Crippen LogP) is 3.25. The molecule has 1 amide bonds. The summed E-state index contributed by atoms with van der Waals surface area (Å²) < 4.78 is 5.50. The van der Waals surface area contributed by atoms with E-state index in [1.807, 2.05) is 17.0 Å². The molecular weight excluding hydrogens is 450 g/mol. The standard InChI is InChI=1S/C24H29N7O2S/c1-2-22(32)31-8-4-5-18(16-31)26-20-13-17(15-30-9-11-33-12-10-30)14-21(28-20)29-24-27-19-6-3-7-25-23(19)34-24/h2-3,6-7,13-14,18H,1,4-5,8-12,15-16H2,(H2,26,27,28,29)/t18-/m1/s1. The van der Waals surface area contributed by atoms with E-state index in [1.54, 1.807) is 6.20 Å². The predicted molar refractivity (Wildman–Crippen MR) is 134 cm³/mol. The van der Waals surface area contributed by atoms with Gasteiger partial charge in [0.15, 0.2) is 5.13 Å². The molecule has 0 spiro atoms. The lowest BCUT2D eigenvalue weighted by Crippen LogP contribution is -2.44. The number of hydrogen-bond donors (Lipinski definition) is 2. The van der Waals surface area contributed by atoms with Crippen LogP contribution in [0.1, 0.15) is 18.4 Å². The number of piperidine rings is 1. The number of morpholine rings is 1. The van der Waals surface area contributed by atoms with Crippen LogP contribution in [0.3, 0.4) is 0 Å². The SMILES string of the molecule is C=CC(=O)N1CCC[C@@H](Nc2cc(CN3CCOCC3)cc(Nc3nc4cccnc4s3)n2)C1. The van der Waals surface area contributed by atoms with E-state index in [2.05, 4.69) is 44.2 Å². The highest BCUT2D eigenvalue weighted by molar-refractivity contribution is 7.21. The minimum Gasteiger partial charge on any atom is -0.379 e. The maximum Gasteiger partial charge on any atom is 0.246 e. The van der Waals surface area contributed by atoms with E-state index >= 15 is 0 Å². The monoisotopic (exact) mass is 479 g/mol. The third-order valence-electron chi connectivity index (χ3n) is 6.06. The van der Waals surface area contributed by atoms with Crippen molar-refractivity contribution in [2.24, 2.45) is 0 Å². The Hall–Kier alpha value is -3.08. The molecule has 9 nitrogen and oxygen atoms in total. The van der Waals surface area contributed by atoms with Crippen molar-refractivity contribution in [3.8, 4) is 0 Å². The minimum absolute atomic E-state index is 0.0210. The third kappa shape index (κ3) is 5.52. The fourth-order valence-corrected chi connectivity index (χ4v) is 5.21. The summed E-state index contributed by atoms with van der Waals surface area (Å²) in [5, 5.41) is 7.71. The first kappa shape index (κ1) is 22.7. The van der Waals surface area contributed by atoms with E-state index in [4.69, 9.17) is 9.72 Å². The summed E-state index contributed by atoms with van der Waals surface area (Å²) in [5.41, 5.74) is 2.03. The Kier molecular flexibility index (Phi) is 6.98. The Bertz CT molecular complexity index is 1130. The number of carbonyl (C=O) groups excluding carboxylic acids is 1. The second-order valence-electron chi connectivity index (χ2n) is 8.58. The number of fused-ring (bicyclic) bond motifs is 1. The molecule has 1 atom stereocenters. The molecule has 2 N–H and O–H groups in total. The Labute approximate surface area is 202 Å². The lowest BCUT2D eigenvalue weighted by Gasteiger charge is -2.33. The molecule has 2 aliphatic rings. The van der Waals surface area contributed by atoms with Crippen LogP contribution in [0.25, 0.3) is 10.3 Å². The average molecular weight is 480 g/mol. The summed E-state index contributed by atoms with van der Waals surface area (Å²) in [6.45, 7) is 9.21. The van der Waals surface area contributed by atoms with Crippen molar-refractivity contribution in [3.05, 3.63) is 48.7 Å². The highest BCUT2D eigenvalue weighted by Crippen LogP contribution is 2.28. The Balaban J connectivity index is 1.37. The summed E-state index contributed by atoms with van der Waals surface area (Å²) in [6.07, 6.45) is 5.10. The first-order valence-electron chi connectivity index (χ1n) is 11.6. The molecule has 5 rings (SSSR count). The van der Waals surface area contributed by atoms with Gasteiger partial charge < -0.3 is 20.3 Å². The average Bonchev–Trinajstić information content (AvgIpc) is 3.26. The van der Waals surface area contributed by atoms with Gasteiger partial charge in [-0.15, -0.1) is 0 Å². The fraction of sp³-hybridized carbons (Fsp3) is 0.417. The smallest absolute Gasteiger partial charge is 0.246 e. The van der Waals surface area contributed by atoms with E-state index in [0.29, 0.717) is 6.54 Å². The van der Waals surface area contributed by atoms with Gasteiger partial charge in [-0.05, 0) is 48.7 Å². The number of thiazole rings is 1. The van der Waals surface area contributed by atoms with Gasteiger partial charge in [0.2, 0.25) is 5.91 Å². The van der Waals surface area contributed by atoms with Crippen molar-refractivity contribution in [3.63, 3.8) is 0 Å². The number of aromatic nitrogens is 3. The normalized spacial score (nSPS) is 19.2. The summed E-state index contributed by atoms with van der Waals surface area (Å²) >= 11 is 1.51. The van der Waals surface area contributed by atoms with E-state index in [-0.39, 0.29) is 11.9 Å². The van der Waals surface area contributed by atoms with Crippen LogP contribution in [0.5, 0.6) is 0 Å². The molecule has 0 aromatic carbocycles. The number of pyridine rings is 2. The van der Waals surface area contributed by atoms with Gasteiger partial charge in [-0.3, -0.25) is 9.69 Å². The van der Waals surface area contributed by atoms with Crippen LogP contribution >= 0.6 is 11.3 Å². The molecule has 10 heteroatoms. The number of rotatable bonds is 7. The number of nitrogens with zero attached hydrogens (tertiary/aromatic N) is 5. The van der Waals surface area contributed by atoms with Crippen LogP contribution in [0.2, 0.25) is 0 Å². The molecule has 3 aromatic rings. The highest BCUT2D eigenvalue weighted by atomic mass is 32.1. The zero-order chi connectivity index (χ0) is 23.3. The lowest BCUT2D eigenvalue weighted by atomic mass is 10.1. The molecule has 0 unspecified atom stereocenters. The van der Waals surface area contributed by atoms with Gasteiger partial charge in [0.1, 0.15) is 22.0 Å². The highest BCUT2D eigenvalue weighted by Gasteiger charge is 2.23. The first-order chi connectivity index (χ1) is 16.7. The van der Waals surface area contributed by atoms with Crippen molar-refractivity contribution < 1.29 is 9.53 Å². The van der Waals surface area contributed by atoms with Crippen LogP contribution in [0.4, 0.5) is 16.8 Å². The van der Waals surface area contributed by atoms with Gasteiger partial charge >= 0.3 is 0 Å². The number of hydrogen-bond acceptors (Lipinski definition) is 9. The number of nitrogens with one attached hydrogen (secondary N) is 2. The second kappa shape index (κ2) is 10.5. The maximum atomic E-state index is 12.1. The molecule has 34 heavy (non-hydrogen) atoms. The Morgan fingerprint density at radius 3 is 2.91 bits per heavy atom. The van der Waals surface area contributed by atoms with Crippen LogP contribution in [0.15, 0.2) is 43.1 Å². The quantitative estimate of drug-likeness (QED) is 0.499. The topological polar surface area (TPSA) is 95.5 Å². The van der Waals surface area contributed by atoms with Crippen molar-refractivity contribution in [2.75, 3.05) is 50.0 Å². The van der Waals surface area contributed by atoms with Crippen LogP contribution < -0.4 is 10.6 Å². The largest absolute Gasteiger partial charge is 0.379 e.